The van der Waals surface area contributed by atoms with Gasteiger partial charge >= 0.3 is 0 Å². The van der Waals surface area contributed by atoms with E-state index in [9.17, 15) is 9.18 Å². The second-order valence-electron chi connectivity index (χ2n) is 10.1. The maximum Gasteiger partial charge on any atom is 0.231 e. The molecule has 3 aromatic rings. The van der Waals surface area contributed by atoms with Crippen molar-refractivity contribution in [1.29, 1.82) is 0 Å². The Bertz CT molecular complexity index is 1240. The molecule has 1 amide bonds. The molecule has 3 N–H and O–H groups in total. The van der Waals surface area contributed by atoms with Crippen molar-refractivity contribution in [3.05, 3.63) is 59.2 Å². The molecular formula is C28H35FN4O3. The Morgan fingerprint density at radius 2 is 2.06 bits per heavy atom. The maximum atomic E-state index is 13.9. The molecule has 5 rings (SSSR count). The lowest BCUT2D eigenvalue weighted by Crippen LogP contribution is -2.52. The third-order valence-corrected chi connectivity index (χ3v) is 7.61. The Morgan fingerprint density at radius 1 is 1.25 bits per heavy atom. The van der Waals surface area contributed by atoms with Crippen molar-refractivity contribution in [2.45, 2.75) is 63.5 Å². The lowest BCUT2D eigenvalue weighted by molar-refractivity contribution is -0.131. The van der Waals surface area contributed by atoms with E-state index in [1.165, 1.54) is 6.07 Å². The van der Waals surface area contributed by atoms with Gasteiger partial charge in [-0.05, 0) is 69.1 Å². The molecule has 7 nitrogen and oxygen atoms in total. The lowest BCUT2D eigenvalue weighted by atomic mass is 9.73. The zero-order valence-electron chi connectivity index (χ0n) is 21.2. The molecule has 1 saturated heterocycles. The van der Waals surface area contributed by atoms with Crippen molar-refractivity contribution >= 4 is 16.9 Å². The Balaban J connectivity index is 1.41. The van der Waals surface area contributed by atoms with Gasteiger partial charge in [-0.2, -0.15) is 0 Å². The molecule has 0 aliphatic carbocycles. The molecular weight excluding hydrogens is 459 g/mol. The van der Waals surface area contributed by atoms with Crippen molar-refractivity contribution in [3.8, 4) is 5.75 Å². The summed E-state index contributed by atoms with van der Waals surface area (Å²) in [7, 11) is 0. The fourth-order valence-electron chi connectivity index (χ4n) is 5.53. The third-order valence-electron chi connectivity index (χ3n) is 7.61. The van der Waals surface area contributed by atoms with E-state index in [0.717, 1.165) is 46.8 Å². The van der Waals surface area contributed by atoms with Gasteiger partial charge in [0.2, 0.25) is 5.91 Å². The summed E-state index contributed by atoms with van der Waals surface area (Å²) in [6.07, 6.45) is 1.82. The number of carbonyl (C=O) groups is 1. The topological polar surface area (TPSA) is 88.3 Å². The van der Waals surface area contributed by atoms with E-state index in [0.29, 0.717) is 32.5 Å². The van der Waals surface area contributed by atoms with Crippen LogP contribution in [0.25, 0.3) is 11.0 Å². The number of halogens is 1. The molecule has 0 radical (unpaired) electrons. The number of amides is 1. The van der Waals surface area contributed by atoms with Crippen LogP contribution in [0.2, 0.25) is 0 Å². The number of H-pyrrole nitrogens is 1. The van der Waals surface area contributed by atoms with Crippen molar-refractivity contribution in [2.24, 2.45) is 0 Å². The highest BCUT2D eigenvalue weighted by atomic mass is 19.1. The largest absolute Gasteiger partial charge is 0.490 e. The van der Waals surface area contributed by atoms with Gasteiger partial charge in [-0.1, -0.05) is 13.0 Å². The molecule has 192 valence electrons. The number of imidazole rings is 1. The number of aromatic nitrogens is 2. The van der Waals surface area contributed by atoms with Gasteiger partial charge in [-0.15, -0.1) is 0 Å². The van der Waals surface area contributed by atoms with E-state index in [4.69, 9.17) is 14.5 Å². The van der Waals surface area contributed by atoms with Gasteiger partial charge < -0.3 is 25.1 Å². The molecule has 2 aliphatic rings. The van der Waals surface area contributed by atoms with Crippen molar-refractivity contribution in [1.82, 2.24) is 20.6 Å². The fourth-order valence-corrected chi connectivity index (χ4v) is 5.53. The van der Waals surface area contributed by atoms with Gasteiger partial charge in [0.1, 0.15) is 23.5 Å². The predicted octanol–water partition coefficient (Wildman–Crippen LogP) is 3.97. The van der Waals surface area contributed by atoms with Gasteiger partial charge in [-0.3, -0.25) is 4.79 Å². The second-order valence-corrected chi connectivity index (χ2v) is 10.1. The summed E-state index contributed by atoms with van der Waals surface area (Å²) >= 11 is 0. The van der Waals surface area contributed by atoms with Crippen molar-refractivity contribution in [3.63, 3.8) is 0 Å². The predicted molar refractivity (Wildman–Crippen MR) is 137 cm³/mol. The number of aromatic amines is 1. The first-order chi connectivity index (χ1) is 17.4. The zero-order valence-corrected chi connectivity index (χ0v) is 21.2. The summed E-state index contributed by atoms with van der Waals surface area (Å²) in [5.74, 6) is 1.37. The standard InChI is InChI=1S/C28H35FN4O3/c1-4-30-16-17(2)31-27(34)28(9-11-35-12-10-28)19-5-7-23-24(13-19)33-26(32-23)15-21-18(3)36-25-8-6-20(29)14-22(21)25/h5-8,13-14,17-18,21,30H,4,9-12,15-16H2,1-3H3,(H,31,34)(H,32,33)/t17-,18-,21+/m1/s1. The first kappa shape index (κ1) is 24.7. The number of likely N-dealkylation sites (N-methyl/N-ethyl adjacent to an activating group) is 1. The molecule has 3 atom stereocenters. The van der Waals surface area contributed by atoms with Gasteiger partial charge in [0.05, 0.1) is 16.4 Å². The van der Waals surface area contributed by atoms with Crippen LogP contribution < -0.4 is 15.4 Å². The average molecular weight is 495 g/mol. The van der Waals surface area contributed by atoms with Crippen LogP contribution in [0.15, 0.2) is 36.4 Å². The van der Waals surface area contributed by atoms with Gasteiger partial charge in [0, 0.05) is 43.7 Å². The Hall–Kier alpha value is -2.97. The highest BCUT2D eigenvalue weighted by Crippen LogP contribution is 2.41. The summed E-state index contributed by atoms with van der Waals surface area (Å²) in [5.41, 5.74) is 2.97. The normalized spacial score (nSPS) is 21.7. The molecule has 8 heteroatoms. The minimum Gasteiger partial charge on any atom is -0.490 e. The van der Waals surface area contributed by atoms with E-state index < -0.39 is 5.41 Å². The van der Waals surface area contributed by atoms with E-state index in [1.807, 2.05) is 26.0 Å². The summed E-state index contributed by atoms with van der Waals surface area (Å²) in [6, 6.07) is 10.8. The second kappa shape index (κ2) is 10.2. The van der Waals surface area contributed by atoms with Crippen LogP contribution in [0, 0.1) is 5.82 Å². The van der Waals surface area contributed by atoms with Crippen LogP contribution in [0.5, 0.6) is 5.75 Å². The molecule has 1 aromatic heterocycles. The number of rotatable bonds is 8. The molecule has 0 spiro atoms. The number of benzene rings is 2. The van der Waals surface area contributed by atoms with Crippen molar-refractivity contribution in [2.75, 3.05) is 26.3 Å². The lowest BCUT2D eigenvalue weighted by Gasteiger charge is -2.37. The van der Waals surface area contributed by atoms with Crippen molar-refractivity contribution < 1.29 is 18.7 Å². The molecule has 3 heterocycles. The van der Waals surface area contributed by atoms with Gasteiger partial charge in [0.25, 0.3) is 0 Å². The SMILES string of the molecule is CCNC[C@@H](C)NC(=O)C1(c2ccc3nc(C[C@@H]4c5cc(F)ccc5O[C@@H]4C)[nH]c3c2)CCOCC1. The molecule has 0 unspecified atom stereocenters. The van der Waals surface area contributed by atoms with E-state index in [1.54, 1.807) is 12.1 Å². The molecule has 0 saturated carbocycles. The number of nitrogens with one attached hydrogen (secondary N) is 3. The van der Waals surface area contributed by atoms with Crippen LogP contribution in [0.4, 0.5) is 4.39 Å². The highest BCUT2D eigenvalue weighted by Gasteiger charge is 2.42. The van der Waals surface area contributed by atoms with Crippen LogP contribution in [-0.4, -0.2) is 54.3 Å². The number of hydrogen-bond acceptors (Lipinski definition) is 5. The molecule has 0 bridgehead atoms. The number of nitrogens with zero attached hydrogens (tertiary/aromatic N) is 1. The van der Waals surface area contributed by atoms with Crippen LogP contribution >= 0.6 is 0 Å². The highest BCUT2D eigenvalue weighted by molar-refractivity contribution is 5.90. The summed E-state index contributed by atoms with van der Waals surface area (Å²) in [6.45, 7) is 8.79. The molecule has 36 heavy (non-hydrogen) atoms. The molecule has 2 aromatic carbocycles. The smallest absolute Gasteiger partial charge is 0.231 e. The first-order valence-corrected chi connectivity index (χ1v) is 12.9. The number of ether oxygens (including phenoxy) is 2. The summed E-state index contributed by atoms with van der Waals surface area (Å²) in [5, 5.41) is 6.51. The zero-order chi connectivity index (χ0) is 25.3. The quantitative estimate of drug-likeness (QED) is 0.441. The number of fused-ring (bicyclic) bond motifs is 2. The monoisotopic (exact) mass is 494 g/mol. The van der Waals surface area contributed by atoms with E-state index in [2.05, 4.69) is 28.6 Å². The maximum absolute atomic E-state index is 13.9. The number of hydrogen-bond donors (Lipinski definition) is 3. The minimum absolute atomic E-state index is 0.0153. The van der Waals surface area contributed by atoms with Gasteiger partial charge in [0.15, 0.2) is 0 Å². The average Bonchev–Trinajstić information content (AvgIpc) is 3.42. The van der Waals surface area contributed by atoms with E-state index >= 15 is 0 Å². The first-order valence-electron chi connectivity index (χ1n) is 12.9. The van der Waals surface area contributed by atoms with Crippen LogP contribution in [0.1, 0.15) is 56.5 Å². The van der Waals surface area contributed by atoms with Gasteiger partial charge in [-0.25, -0.2) is 9.37 Å². The third kappa shape index (κ3) is 4.72. The molecule has 1 fully saturated rings. The Labute approximate surface area is 211 Å². The van der Waals surface area contributed by atoms with E-state index in [-0.39, 0.29) is 29.8 Å². The summed E-state index contributed by atoms with van der Waals surface area (Å²) in [4.78, 5) is 21.8. The summed E-state index contributed by atoms with van der Waals surface area (Å²) < 4.78 is 25.5. The number of carbonyl (C=O) groups excluding carboxylic acids is 1. The molecule has 2 aliphatic heterocycles. The fraction of sp³-hybridized carbons (Fsp3) is 0.500. The van der Waals surface area contributed by atoms with Crippen LogP contribution in [0.3, 0.4) is 0 Å². The Morgan fingerprint density at radius 3 is 2.83 bits per heavy atom. The van der Waals surface area contributed by atoms with Crippen LogP contribution in [-0.2, 0) is 21.4 Å². The Kier molecular flexibility index (Phi) is 6.99. The minimum atomic E-state index is -0.636.